The Morgan fingerprint density at radius 2 is 1.73 bits per heavy atom. The third-order valence-corrected chi connectivity index (χ3v) is 11.3. The second-order valence-electron chi connectivity index (χ2n) is 15.9. The number of carboxylic acids is 1. The van der Waals surface area contributed by atoms with Crippen LogP contribution in [0.25, 0.3) is 0 Å². The lowest BCUT2D eigenvalue weighted by molar-refractivity contribution is -0.138. The van der Waals surface area contributed by atoms with Crippen LogP contribution in [0, 0.1) is 5.92 Å². The predicted octanol–water partition coefficient (Wildman–Crippen LogP) is 3.05. The molecule has 5 amide bonds. The number of aliphatic carboxylic acids is 1. The molecule has 2 heterocycles. The Labute approximate surface area is 345 Å². The summed E-state index contributed by atoms with van der Waals surface area (Å²) in [6.07, 6.45) is 17.7. The van der Waals surface area contributed by atoms with Crippen molar-refractivity contribution in [3.63, 3.8) is 0 Å². The van der Waals surface area contributed by atoms with Gasteiger partial charge < -0.3 is 42.7 Å². The zero-order valence-corrected chi connectivity index (χ0v) is 33.8. The van der Waals surface area contributed by atoms with Gasteiger partial charge in [0, 0.05) is 37.0 Å². The SMILES string of the molecule is CC1=CCCC2NC(Nc3ccc(CC(=O)N[C@H](CCCCNC(=O)/C=C/C4C=NC=CC4)C(=O)N[C@H](CCCC(=O)O)C(=O)NC4(C(N)=O)CCCCC4)cc3)=NC12. The van der Waals surface area contributed by atoms with Gasteiger partial charge in [0.15, 0.2) is 5.96 Å². The summed E-state index contributed by atoms with van der Waals surface area (Å²) >= 11 is 0. The first-order valence-electron chi connectivity index (χ1n) is 20.9. The summed E-state index contributed by atoms with van der Waals surface area (Å²) in [5, 5.41) is 27.3. The van der Waals surface area contributed by atoms with Gasteiger partial charge in [-0.25, -0.2) is 4.99 Å². The topological polar surface area (TPSA) is 246 Å². The number of carbonyl (C=O) groups excluding carboxylic acids is 5. The standard InChI is InChI=1S/C43H59N9O7/c1-28-10-7-13-32-38(28)51-42(50-32)47-31-19-16-29(17-20-31)26-36(54)48-33(12-3-6-25-46-35(53)21-18-30-11-9-24-45-27-30)39(57)49-34(14-8-15-37(55)56)40(58)52-43(41(44)59)22-4-2-5-23-43/h9-10,16-21,24,27,30,32-34,38H,2-8,11-15,22-23,25-26H2,1H3,(H2,44,59)(H,46,53)(H,48,54)(H,49,57)(H,52,58)(H,55,56)(H2,47,50,51)/b21-18+/t30?,32?,33-,34-,38?/m1/s1. The van der Waals surface area contributed by atoms with Gasteiger partial charge in [0.05, 0.1) is 18.5 Å². The lowest BCUT2D eigenvalue weighted by Crippen LogP contribution is -2.62. The molecule has 0 saturated heterocycles. The third kappa shape index (κ3) is 13.6. The Morgan fingerprint density at radius 3 is 2.42 bits per heavy atom. The van der Waals surface area contributed by atoms with Crippen molar-refractivity contribution in [3.05, 3.63) is 65.9 Å². The maximum Gasteiger partial charge on any atom is 0.303 e. The number of aliphatic imine (C=N–C) groups is 2. The highest BCUT2D eigenvalue weighted by Crippen LogP contribution is 2.29. The van der Waals surface area contributed by atoms with Crippen LogP contribution in [-0.2, 0) is 35.2 Å². The largest absolute Gasteiger partial charge is 0.481 e. The van der Waals surface area contributed by atoms with E-state index in [9.17, 15) is 33.9 Å². The molecule has 5 rings (SSSR count). The summed E-state index contributed by atoms with van der Waals surface area (Å²) in [5.41, 5.74) is 7.27. The molecule has 318 valence electrons. The molecule has 1 aromatic carbocycles. The van der Waals surface area contributed by atoms with Gasteiger partial charge in [0.1, 0.15) is 17.6 Å². The highest BCUT2D eigenvalue weighted by Gasteiger charge is 2.41. The molecule has 0 bridgehead atoms. The smallest absolute Gasteiger partial charge is 0.303 e. The van der Waals surface area contributed by atoms with E-state index in [2.05, 4.69) is 49.9 Å². The number of rotatable bonds is 20. The predicted molar refractivity (Wildman–Crippen MR) is 225 cm³/mol. The molecule has 3 unspecified atom stereocenters. The zero-order chi connectivity index (χ0) is 42.2. The van der Waals surface area contributed by atoms with Crippen molar-refractivity contribution < 1.29 is 33.9 Å². The molecule has 4 aliphatic rings. The number of nitrogens with two attached hydrogens (primary N) is 1. The van der Waals surface area contributed by atoms with Crippen molar-refractivity contribution in [1.29, 1.82) is 0 Å². The van der Waals surface area contributed by atoms with E-state index in [1.807, 2.05) is 30.3 Å². The second kappa shape index (κ2) is 21.8. The number of fused-ring (bicyclic) bond motifs is 1. The van der Waals surface area contributed by atoms with Crippen molar-refractivity contribution in [1.82, 2.24) is 26.6 Å². The van der Waals surface area contributed by atoms with Crippen LogP contribution in [0.15, 0.2) is 70.3 Å². The lowest BCUT2D eigenvalue weighted by Gasteiger charge is -2.36. The molecule has 5 atom stereocenters. The van der Waals surface area contributed by atoms with Gasteiger partial charge in [-0.1, -0.05) is 55.2 Å². The Kier molecular flexibility index (Phi) is 16.4. The van der Waals surface area contributed by atoms with Gasteiger partial charge >= 0.3 is 5.97 Å². The minimum Gasteiger partial charge on any atom is -0.481 e. The van der Waals surface area contributed by atoms with Crippen molar-refractivity contribution >= 4 is 53.4 Å². The minimum atomic E-state index is -1.26. The summed E-state index contributed by atoms with van der Waals surface area (Å²) in [6, 6.07) is 5.52. The maximum atomic E-state index is 13.9. The van der Waals surface area contributed by atoms with Crippen LogP contribution in [0.3, 0.4) is 0 Å². The Morgan fingerprint density at radius 1 is 0.983 bits per heavy atom. The van der Waals surface area contributed by atoms with E-state index in [1.165, 1.54) is 11.6 Å². The van der Waals surface area contributed by atoms with E-state index in [0.717, 1.165) is 31.4 Å². The van der Waals surface area contributed by atoms with Crippen LogP contribution in [0.5, 0.6) is 0 Å². The first kappa shape index (κ1) is 44.3. The van der Waals surface area contributed by atoms with E-state index < -0.39 is 47.2 Å². The molecule has 1 saturated carbocycles. The number of primary amides is 1. The van der Waals surface area contributed by atoms with Gasteiger partial charge in [-0.15, -0.1) is 0 Å². The zero-order valence-electron chi connectivity index (χ0n) is 33.8. The summed E-state index contributed by atoms with van der Waals surface area (Å²) in [5.74, 6) is -2.89. The van der Waals surface area contributed by atoms with Crippen LogP contribution in [-0.4, -0.2) is 89.0 Å². The van der Waals surface area contributed by atoms with Gasteiger partial charge in [0.2, 0.25) is 29.5 Å². The average Bonchev–Trinajstić information content (AvgIpc) is 3.64. The Bertz CT molecular complexity index is 1830. The van der Waals surface area contributed by atoms with E-state index in [-0.39, 0.29) is 56.0 Å². The van der Waals surface area contributed by atoms with Gasteiger partial charge in [-0.3, -0.25) is 33.8 Å². The molecule has 2 aliphatic heterocycles. The molecule has 1 fully saturated rings. The fourth-order valence-electron chi connectivity index (χ4n) is 7.88. The quantitative estimate of drug-likeness (QED) is 0.0547. The number of amides is 5. The monoisotopic (exact) mass is 813 g/mol. The third-order valence-electron chi connectivity index (χ3n) is 11.3. The van der Waals surface area contributed by atoms with Gasteiger partial charge in [-0.2, -0.15) is 0 Å². The number of nitrogens with zero attached hydrogens (tertiary/aromatic N) is 2. The van der Waals surface area contributed by atoms with Crippen LogP contribution in [0.1, 0.15) is 102 Å². The van der Waals surface area contributed by atoms with E-state index >= 15 is 0 Å². The van der Waals surface area contributed by atoms with Crippen molar-refractivity contribution in [2.75, 3.05) is 11.9 Å². The summed E-state index contributed by atoms with van der Waals surface area (Å²) in [7, 11) is 0. The highest BCUT2D eigenvalue weighted by atomic mass is 16.4. The molecule has 0 aromatic heterocycles. The molecule has 0 radical (unpaired) electrons. The first-order chi connectivity index (χ1) is 28.4. The number of hydrogen-bond donors (Lipinski definition) is 8. The number of carboxylic acid groups (broad SMARTS) is 1. The first-order valence-corrected chi connectivity index (χ1v) is 20.9. The molecule has 16 heteroatoms. The molecule has 1 aromatic rings. The van der Waals surface area contributed by atoms with Crippen molar-refractivity contribution in [3.8, 4) is 0 Å². The second-order valence-corrected chi connectivity index (χ2v) is 15.9. The van der Waals surface area contributed by atoms with Crippen molar-refractivity contribution in [2.45, 2.75) is 133 Å². The molecule has 9 N–H and O–H groups in total. The van der Waals surface area contributed by atoms with E-state index in [1.54, 1.807) is 18.5 Å². The number of allylic oxidation sites excluding steroid dienone is 3. The van der Waals surface area contributed by atoms with Gasteiger partial charge in [0.25, 0.3) is 0 Å². The van der Waals surface area contributed by atoms with Crippen molar-refractivity contribution in [2.24, 2.45) is 21.6 Å². The summed E-state index contributed by atoms with van der Waals surface area (Å²) in [6.45, 7) is 2.43. The fourth-order valence-corrected chi connectivity index (χ4v) is 7.88. The van der Waals surface area contributed by atoms with Crippen LogP contribution < -0.4 is 37.6 Å². The Hall–Kier alpha value is -5.80. The Balaban J connectivity index is 1.21. The molecule has 2 aliphatic carbocycles. The molecular formula is C43H59N9O7. The summed E-state index contributed by atoms with van der Waals surface area (Å²) in [4.78, 5) is 86.3. The highest BCUT2D eigenvalue weighted by molar-refractivity contribution is 5.97. The van der Waals surface area contributed by atoms with E-state index in [0.29, 0.717) is 56.6 Å². The van der Waals surface area contributed by atoms with Gasteiger partial charge in [-0.05, 0) is 94.9 Å². The number of anilines is 1. The average molecular weight is 814 g/mol. The van der Waals surface area contributed by atoms with E-state index in [4.69, 9.17) is 10.7 Å². The number of carbonyl (C=O) groups is 6. The minimum absolute atomic E-state index is 0.0120. The number of guanidine groups is 1. The fraction of sp³-hybridized carbons (Fsp3) is 0.535. The number of nitrogens with one attached hydrogen (secondary N) is 6. The maximum absolute atomic E-state index is 13.9. The number of hydrogen-bond acceptors (Lipinski definition) is 10. The van der Waals surface area contributed by atoms with Crippen LogP contribution >= 0.6 is 0 Å². The summed E-state index contributed by atoms with van der Waals surface area (Å²) < 4.78 is 0. The molecule has 0 spiro atoms. The molecular weight excluding hydrogens is 755 g/mol. The lowest BCUT2D eigenvalue weighted by atomic mass is 9.80. The normalized spacial score (nSPS) is 21.5. The number of unbranched alkanes of at least 4 members (excludes halogenated alkanes) is 1. The van der Waals surface area contributed by atoms with Crippen LogP contribution in [0.4, 0.5) is 5.69 Å². The van der Waals surface area contributed by atoms with Crippen LogP contribution in [0.2, 0.25) is 0 Å². The molecule has 59 heavy (non-hydrogen) atoms. The number of benzene rings is 1. The molecule has 16 nitrogen and oxygen atoms in total.